The number of carbonyl (C=O) groups excluding carboxylic acids is 1. The molecule has 0 spiro atoms. The Bertz CT molecular complexity index is 878. The van der Waals surface area contributed by atoms with Gasteiger partial charge in [-0.25, -0.2) is 14.3 Å². The smallest absolute Gasteiger partial charge is 0.337 e. The van der Waals surface area contributed by atoms with Gasteiger partial charge in [-0.15, -0.1) is 5.10 Å². The van der Waals surface area contributed by atoms with Gasteiger partial charge in [-0.2, -0.15) is 0 Å². The molecule has 1 saturated carbocycles. The zero-order chi connectivity index (χ0) is 19.8. The molecule has 10 nitrogen and oxygen atoms in total. The van der Waals surface area contributed by atoms with Crippen LogP contribution in [0.3, 0.4) is 0 Å². The lowest BCUT2D eigenvalue weighted by Crippen LogP contribution is -2.47. The topological polar surface area (TPSA) is 142 Å². The number of aromatic nitrogens is 4. The minimum absolute atomic E-state index is 0.239. The summed E-state index contributed by atoms with van der Waals surface area (Å²) in [6.45, 7) is 4.63. The van der Waals surface area contributed by atoms with E-state index in [-0.39, 0.29) is 6.04 Å². The Balaban J connectivity index is 1.82. The van der Waals surface area contributed by atoms with Crippen LogP contribution in [0.15, 0.2) is 18.2 Å². The maximum Gasteiger partial charge on any atom is 0.337 e. The van der Waals surface area contributed by atoms with Crippen molar-refractivity contribution in [3.8, 4) is 11.4 Å². The number of nitrogens with zero attached hydrogens (tertiary/aromatic N) is 4. The van der Waals surface area contributed by atoms with Gasteiger partial charge in [0.05, 0.1) is 18.3 Å². The number of urea groups is 1. The molecule has 144 valence electrons. The Labute approximate surface area is 155 Å². The normalized spacial score (nSPS) is 20.6. The fraction of sp³-hybridized carbons (Fsp3) is 0.471. The Morgan fingerprint density at radius 3 is 2.74 bits per heavy atom. The van der Waals surface area contributed by atoms with Gasteiger partial charge in [-0.1, -0.05) is 19.1 Å². The van der Waals surface area contributed by atoms with Crippen molar-refractivity contribution in [3.63, 3.8) is 0 Å². The minimum Gasteiger partial charge on any atom is -0.479 e. The molecule has 4 N–H and O–H groups in total. The van der Waals surface area contributed by atoms with Gasteiger partial charge in [-0.05, 0) is 48.2 Å². The Kier molecular flexibility index (Phi) is 4.83. The summed E-state index contributed by atoms with van der Waals surface area (Å²) < 4.78 is 1.76. The van der Waals surface area contributed by atoms with E-state index in [1.54, 1.807) is 4.68 Å². The number of amides is 2. The predicted molar refractivity (Wildman–Crippen MR) is 96.1 cm³/mol. The van der Waals surface area contributed by atoms with Crippen LogP contribution in [0.1, 0.15) is 31.9 Å². The lowest BCUT2D eigenvalue weighted by Gasteiger charge is -2.19. The Hall–Kier alpha value is -3.01. The van der Waals surface area contributed by atoms with Gasteiger partial charge in [0.1, 0.15) is 0 Å². The van der Waals surface area contributed by atoms with Crippen LogP contribution in [0.2, 0.25) is 0 Å². The monoisotopic (exact) mass is 374 g/mol. The van der Waals surface area contributed by atoms with Gasteiger partial charge in [-0.3, -0.25) is 0 Å². The minimum atomic E-state index is -2.06. The first-order valence-corrected chi connectivity index (χ1v) is 8.59. The first-order valence-electron chi connectivity index (χ1n) is 8.59. The average Bonchev–Trinajstić information content (AvgIpc) is 3.14. The number of hydrogen-bond acceptors (Lipinski definition) is 6. The molecule has 3 rings (SSSR count). The molecule has 1 unspecified atom stereocenters. The van der Waals surface area contributed by atoms with Crippen molar-refractivity contribution in [1.29, 1.82) is 0 Å². The lowest BCUT2D eigenvalue weighted by molar-refractivity contribution is -0.155. The second kappa shape index (κ2) is 6.95. The number of aliphatic hydroxyl groups is 1. The molecule has 1 aliphatic carbocycles. The van der Waals surface area contributed by atoms with Gasteiger partial charge in [0, 0.05) is 5.56 Å². The lowest BCUT2D eigenvalue weighted by atomic mass is 10.1. The Morgan fingerprint density at radius 2 is 2.11 bits per heavy atom. The van der Waals surface area contributed by atoms with E-state index < -0.39 is 24.1 Å². The molecule has 1 fully saturated rings. The molecule has 1 aliphatic rings. The van der Waals surface area contributed by atoms with E-state index in [1.165, 1.54) is 0 Å². The predicted octanol–water partition coefficient (Wildman–Crippen LogP) is 1.19. The summed E-state index contributed by atoms with van der Waals surface area (Å²) >= 11 is 0. The third-order valence-electron chi connectivity index (χ3n) is 4.68. The number of aliphatic carboxylic acids is 1. The molecule has 10 heteroatoms. The third kappa shape index (κ3) is 3.90. The second-order valence-electron chi connectivity index (χ2n) is 7.11. The molecular formula is C17H22N6O4. The third-order valence-corrected chi connectivity index (χ3v) is 4.68. The fourth-order valence-corrected chi connectivity index (χ4v) is 2.74. The number of carboxylic acid groups (broad SMARTS) is 1. The SMILES string of the molecule is Cc1cccc(-c2nnnn2[C@@H]2C[C@H]2C)c1NC(=O)NCC(C)(O)C(=O)O. The Morgan fingerprint density at radius 1 is 1.41 bits per heavy atom. The highest BCUT2D eigenvalue weighted by Crippen LogP contribution is 2.44. The van der Waals surface area contributed by atoms with Crippen molar-refractivity contribution in [2.75, 3.05) is 11.9 Å². The number of anilines is 1. The van der Waals surface area contributed by atoms with Gasteiger partial charge in [0.25, 0.3) is 0 Å². The highest BCUT2D eigenvalue weighted by molar-refractivity contribution is 5.95. The summed E-state index contributed by atoms with van der Waals surface area (Å²) in [5, 5.41) is 35.7. The molecule has 0 saturated heterocycles. The highest BCUT2D eigenvalue weighted by Gasteiger charge is 2.38. The van der Waals surface area contributed by atoms with Gasteiger partial charge in [0.2, 0.25) is 0 Å². The summed E-state index contributed by atoms with van der Waals surface area (Å²) in [5.74, 6) is -0.368. The molecule has 2 aromatic rings. The van der Waals surface area contributed by atoms with E-state index in [1.807, 2.05) is 25.1 Å². The van der Waals surface area contributed by atoms with Crippen LogP contribution in [0.25, 0.3) is 11.4 Å². The van der Waals surface area contributed by atoms with Crippen LogP contribution >= 0.6 is 0 Å². The maximum atomic E-state index is 12.3. The van der Waals surface area contributed by atoms with E-state index in [0.717, 1.165) is 18.9 Å². The first kappa shape index (κ1) is 18.8. The highest BCUT2D eigenvalue weighted by atomic mass is 16.4. The first-order chi connectivity index (χ1) is 12.7. The van der Waals surface area contributed by atoms with Gasteiger partial charge in [0.15, 0.2) is 11.4 Å². The zero-order valence-corrected chi connectivity index (χ0v) is 15.3. The number of hydrogen-bond donors (Lipinski definition) is 4. The zero-order valence-electron chi connectivity index (χ0n) is 15.3. The number of tetrazole rings is 1. The molecular weight excluding hydrogens is 352 g/mol. The molecule has 2 amide bonds. The maximum absolute atomic E-state index is 12.3. The molecule has 27 heavy (non-hydrogen) atoms. The molecule has 3 atom stereocenters. The van der Waals surface area contributed by atoms with E-state index in [9.17, 15) is 14.7 Å². The summed E-state index contributed by atoms with van der Waals surface area (Å²) in [5.41, 5.74) is -0.0717. The number of aryl methyl sites for hydroxylation is 1. The van der Waals surface area contributed by atoms with E-state index in [4.69, 9.17) is 5.11 Å². The van der Waals surface area contributed by atoms with Crippen LogP contribution in [0, 0.1) is 12.8 Å². The number of carbonyl (C=O) groups is 2. The number of para-hydroxylation sites is 1. The second-order valence-corrected chi connectivity index (χ2v) is 7.11. The fourth-order valence-electron chi connectivity index (χ4n) is 2.74. The van der Waals surface area contributed by atoms with Crippen LogP contribution in [-0.2, 0) is 4.79 Å². The number of nitrogens with one attached hydrogen (secondary N) is 2. The van der Waals surface area contributed by atoms with E-state index in [0.29, 0.717) is 23.0 Å². The molecule has 0 bridgehead atoms. The van der Waals surface area contributed by atoms with Crippen molar-refractivity contribution in [1.82, 2.24) is 25.5 Å². The van der Waals surface area contributed by atoms with Crippen molar-refractivity contribution in [2.45, 2.75) is 38.8 Å². The molecule has 1 aromatic carbocycles. The summed E-state index contributed by atoms with van der Waals surface area (Å²) in [7, 11) is 0. The quantitative estimate of drug-likeness (QED) is 0.595. The largest absolute Gasteiger partial charge is 0.479 e. The standard InChI is InChI=1S/C17H22N6O4/c1-9-5-4-6-11(14-20-21-22-23(14)12-7-10(12)2)13(9)19-16(26)18-8-17(3,27)15(24)25/h4-6,10,12,27H,7-8H2,1-3H3,(H,24,25)(H2,18,19,26)/t10-,12-,17?/m1/s1. The van der Waals surface area contributed by atoms with Gasteiger partial charge < -0.3 is 20.8 Å². The molecule has 0 radical (unpaired) electrons. The average molecular weight is 374 g/mol. The summed E-state index contributed by atoms with van der Waals surface area (Å²) in [6, 6.07) is 5.10. The molecule has 0 aliphatic heterocycles. The summed E-state index contributed by atoms with van der Waals surface area (Å²) in [6.07, 6.45) is 0.997. The van der Waals surface area contributed by atoms with E-state index >= 15 is 0 Å². The summed E-state index contributed by atoms with van der Waals surface area (Å²) in [4.78, 5) is 23.2. The van der Waals surface area contributed by atoms with Crippen molar-refractivity contribution in [3.05, 3.63) is 23.8 Å². The molecule has 1 heterocycles. The van der Waals surface area contributed by atoms with E-state index in [2.05, 4.69) is 33.1 Å². The molecule has 1 aromatic heterocycles. The van der Waals surface area contributed by atoms with Crippen LogP contribution in [-0.4, -0.2) is 54.6 Å². The number of benzene rings is 1. The van der Waals surface area contributed by atoms with Crippen LogP contribution < -0.4 is 10.6 Å². The van der Waals surface area contributed by atoms with Crippen LogP contribution in [0.4, 0.5) is 10.5 Å². The van der Waals surface area contributed by atoms with Gasteiger partial charge >= 0.3 is 12.0 Å². The number of carboxylic acids is 1. The van der Waals surface area contributed by atoms with Crippen LogP contribution in [0.5, 0.6) is 0 Å². The van der Waals surface area contributed by atoms with Crippen molar-refractivity contribution < 1.29 is 19.8 Å². The van der Waals surface area contributed by atoms with Crippen molar-refractivity contribution >= 4 is 17.7 Å². The van der Waals surface area contributed by atoms with Crippen molar-refractivity contribution in [2.24, 2.45) is 5.92 Å². The number of rotatable bonds is 6.